The van der Waals surface area contributed by atoms with Gasteiger partial charge in [-0.05, 0) is 57.2 Å². The quantitative estimate of drug-likeness (QED) is 0.703. The fourth-order valence-corrected chi connectivity index (χ4v) is 4.72. The lowest BCUT2D eigenvalue weighted by molar-refractivity contribution is -0.160. The third-order valence-electron chi connectivity index (χ3n) is 6.29. The highest BCUT2D eigenvalue weighted by molar-refractivity contribution is 5.78. The van der Waals surface area contributed by atoms with Crippen LogP contribution in [0.2, 0.25) is 0 Å². The molecule has 0 aliphatic carbocycles. The Morgan fingerprint density at radius 1 is 1.21 bits per heavy atom. The molecule has 0 radical (unpaired) electrons. The summed E-state index contributed by atoms with van der Waals surface area (Å²) in [6.07, 6.45) is 3.35. The fraction of sp³-hybridized carbons (Fsp3) is 0.636. The molecule has 3 rings (SSSR count). The average molecular weight is 408 g/mol. The van der Waals surface area contributed by atoms with Crippen molar-refractivity contribution in [1.29, 1.82) is 0 Å². The van der Waals surface area contributed by atoms with E-state index in [1.807, 2.05) is 4.90 Å². The van der Waals surface area contributed by atoms with E-state index in [1.165, 1.54) is 12.1 Å². The molecule has 1 aromatic rings. The second kappa shape index (κ2) is 9.20. The Hall–Kier alpha value is -2.02. The van der Waals surface area contributed by atoms with Crippen LogP contribution in [0.25, 0.3) is 0 Å². The maximum Gasteiger partial charge on any atom is 0.313 e. The average Bonchev–Trinajstić information content (AvgIpc) is 2.70. The first kappa shape index (κ1) is 21.7. The van der Waals surface area contributed by atoms with Crippen LogP contribution in [0.1, 0.15) is 45.1 Å². The summed E-state index contributed by atoms with van der Waals surface area (Å²) in [4.78, 5) is 28.7. The van der Waals surface area contributed by atoms with Crippen LogP contribution < -0.4 is 0 Å². The van der Waals surface area contributed by atoms with Gasteiger partial charge in [-0.3, -0.25) is 14.5 Å². The lowest BCUT2D eigenvalue weighted by Gasteiger charge is -2.46. The van der Waals surface area contributed by atoms with Gasteiger partial charge in [0.05, 0.1) is 12.0 Å². The van der Waals surface area contributed by atoms with Gasteiger partial charge in [0, 0.05) is 38.7 Å². The van der Waals surface area contributed by atoms with E-state index in [2.05, 4.69) is 4.90 Å². The largest absolute Gasteiger partial charge is 0.466 e. The highest BCUT2D eigenvalue weighted by atomic mass is 19.1. The van der Waals surface area contributed by atoms with Crippen LogP contribution in [0.15, 0.2) is 18.2 Å². The number of ether oxygens (including phenoxy) is 1. The molecule has 1 aromatic carbocycles. The van der Waals surface area contributed by atoms with E-state index in [4.69, 9.17) is 4.74 Å². The first-order valence-electron chi connectivity index (χ1n) is 10.5. The summed E-state index contributed by atoms with van der Waals surface area (Å²) in [5.74, 6) is -1.47. The van der Waals surface area contributed by atoms with Gasteiger partial charge in [-0.15, -0.1) is 0 Å². The van der Waals surface area contributed by atoms with Gasteiger partial charge in [-0.2, -0.15) is 0 Å². The van der Waals surface area contributed by atoms with Gasteiger partial charge >= 0.3 is 5.97 Å². The summed E-state index contributed by atoms with van der Waals surface area (Å²) < 4.78 is 33.1. The number of piperidine rings is 2. The summed E-state index contributed by atoms with van der Waals surface area (Å²) in [5, 5.41) is 0. The van der Waals surface area contributed by atoms with E-state index in [0.717, 1.165) is 45.0 Å². The van der Waals surface area contributed by atoms with Crippen LogP contribution in [0, 0.1) is 17.0 Å². The van der Waals surface area contributed by atoms with Crippen LogP contribution in [0.4, 0.5) is 8.78 Å². The minimum absolute atomic E-state index is 0.0924. The monoisotopic (exact) mass is 408 g/mol. The van der Waals surface area contributed by atoms with Crippen molar-refractivity contribution < 1.29 is 23.1 Å². The van der Waals surface area contributed by atoms with Gasteiger partial charge in [-0.1, -0.05) is 6.07 Å². The lowest BCUT2D eigenvalue weighted by atomic mass is 9.74. The number of amides is 1. The second-order valence-corrected chi connectivity index (χ2v) is 8.22. The molecule has 29 heavy (non-hydrogen) atoms. The maximum atomic E-state index is 14.4. The molecule has 2 fully saturated rings. The number of halogens is 2. The zero-order valence-corrected chi connectivity index (χ0v) is 17.3. The SMILES string of the molecule is CCOC(=O)[C@@]1(Cc2ccc(F)cc2F)CCCN(C2CCN(C(C)=O)CC2)C1. The Kier molecular flexibility index (Phi) is 6.88. The Morgan fingerprint density at radius 3 is 2.55 bits per heavy atom. The smallest absolute Gasteiger partial charge is 0.313 e. The highest BCUT2D eigenvalue weighted by Gasteiger charge is 2.45. The van der Waals surface area contributed by atoms with E-state index in [0.29, 0.717) is 18.5 Å². The Morgan fingerprint density at radius 2 is 1.93 bits per heavy atom. The zero-order valence-electron chi connectivity index (χ0n) is 17.3. The standard InChI is InChI=1S/C22H30F2N2O3/c1-3-29-21(28)22(14-17-5-6-18(23)13-20(17)24)9-4-10-26(15-22)19-7-11-25(12-8-19)16(2)27/h5-6,13,19H,3-4,7-12,14-15H2,1-2H3/t22-/m1/s1. The molecule has 7 heteroatoms. The van der Waals surface area contributed by atoms with Gasteiger partial charge in [-0.25, -0.2) is 8.78 Å². The summed E-state index contributed by atoms with van der Waals surface area (Å²) in [6.45, 7) is 6.42. The molecule has 0 unspecified atom stereocenters. The van der Waals surface area contributed by atoms with E-state index in [1.54, 1.807) is 13.8 Å². The van der Waals surface area contributed by atoms with E-state index in [9.17, 15) is 18.4 Å². The molecule has 0 aromatic heterocycles. The van der Waals surface area contributed by atoms with Crippen LogP contribution in [0.5, 0.6) is 0 Å². The minimum atomic E-state index is -0.843. The lowest BCUT2D eigenvalue weighted by Crippen LogP contribution is -2.55. The van der Waals surface area contributed by atoms with Crippen molar-refractivity contribution in [3.63, 3.8) is 0 Å². The third-order valence-corrected chi connectivity index (χ3v) is 6.29. The van der Waals surface area contributed by atoms with Gasteiger partial charge < -0.3 is 9.64 Å². The molecule has 1 atom stereocenters. The molecule has 0 N–H and O–H groups in total. The summed E-state index contributed by atoms with van der Waals surface area (Å²) in [6, 6.07) is 3.81. The van der Waals surface area contributed by atoms with Crippen molar-refractivity contribution in [1.82, 2.24) is 9.80 Å². The van der Waals surface area contributed by atoms with Gasteiger partial charge in [0.25, 0.3) is 0 Å². The maximum absolute atomic E-state index is 14.4. The number of benzene rings is 1. The molecule has 0 spiro atoms. The first-order valence-corrected chi connectivity index (χ1v) is 10.5. The van der Waals surface area contributed by atoms with Crippen molar-refractivity contribution in [2.75, 3.05) is 32.8 Å². The molecule has 2 saturated heterocycles. The van der Waals surface area contributed by atoms with E-state index < -0.39 is 17.0 Å². The van der Waals surface area contributed by atoms with Gasteiger partial charge in [0.15, 0.2) is 0 Å². The van der Waals surface area contributed by atoms with Gasteiger partial charge in [0.2, 0.25) is 5.91 Å². The number of hydrogen-bond acceptors (Lipinski definition) is 4. The van der Waals surface area contributed by atoms with Crippen molar-refractivity contribution in [3.05, 3.63) is 35.4 Å². The molecule has 2 aliphatic rings. The third kappa shape index (κ3) is 4.94. The molecule has 2 aliphatic heterocycles. The molecule has 0 bridgehead atoms. The zero-order chi connectivity index (χ0) is 21.0. The minimum Gasteiger partial charge on any atom is -0.466 e. The van der Waals surface area contributed by atoms with Crippen LogP contribution in [-0.4, -0.2) is 60.5 Å². The Balaban J connectivity index is 1.79. The number of hydrogen-bond donors (Lipinski definition) is 0. The van der Waals surface area contributed by atoms with Crippen molar-refractivity contribution in [2.45, 2.75) is 52.0 Å². The topological polar surface area (TPSA) is 49.9 Å². The Bertz CT molecular complexity index is 750. The molecule has 0 saturated carbocycles. The van der Waals surface area contributed by atoms with Crippen molar-refractivity contribution in [2.24, 2.45) is 5.41 Å². The van der Waals surface area contributed by atoms with Gasteiger partial charge in [0.1, 0.15) is 11.6 Å². The molecule has 5 nitrogen and oxygen atoms in total. The summed E-state index contributed by atoms with van der Waals surface area (Å²) >= 11 is 0. The van der Waals surface area contributed by atoms with Crippen molar-refractivity contribution >= 4 is 11.9 Å². The van der Waals surface area contributed by atoms with Crippen molar-refractivity contribution in [3.8, 4) is 0 Å². The number of esters is 1. The molecular weight excluding hydrogens is 378 g/mol. The molecule has 1 amide bonds. The molecule has 160 valence electrons. The number of carbonyl (C=O) groups excluding carboxylic acids is 2. The number of nitrogens with zero attached hydrogens (tertiary/aromatic N) is 2. The Labute approximate surface area is 171 Å². The second-order valence-electron chi connectivity index (χ2n) is 8.22. The summed E-state index contributed by atoms with van der Waals surface area (Å²) in [5.41, 5.74) is -0.502. The highest BCUT2D eigenvalue weighted by Crippen LogP contribution is 2.38. The fourth-order valence-electron chi connectivity index (χ4n) is 4.72. The van der Waals surface area contributed by atoms with Crippen LogP contribution >= 0.6 is 0 Å². The number of rotatable bonds is 5. The number of carbonyl (C=O) groups is 2. The first-order chi connectivity index (χ1) is 13.8. The normalized spacial score (nSPS) is 23.8. The predicted octanol–water partition coefficient (Wildman–Crippen LogP) is 3.16. The number of likely N-dealkylation sites (tertiary alicyclic amines) is 2. The predicted molar refractivity (Wildman–Crippen MR) is 105 cm³/mol. The van der Waals surface area contributed by atoms with E-state index >= 15 is 0 Å². The van der Waals surface area contributed by atoms with E-state index in [-0.39, 0.29) is 30.9 Å². The molecule has 2 heterocycles. The molecular formula is C22H30F2N2O3. The van der Waals surface area contributed by atoms with Crippen LogP contribution in [0.3, 0.4) is 0 Å². The van der Waals surface area contributed by atoms with Crippen LogP contribution in [-0.2, 0) is 20.7 Å². The summed E-state index contributed by atoms with van der Waals surface area (Å²) in [7, 11) is 0.